The molecule has 0 rings (SSSR count). The highest BCUT2D eigenvalue weighted by Crippen LogP contribution is 1.98. The third kappa shape index (κ3) is 5.46. The summed E-state index contributed by atoms with van der Waals surface area (Å²) in [7, 11) is 0. The Kier molecular flexibility index (Phi) is 6.63. The first kappa shape index (κ1) is 12.8. The van der Waals surface area contributed by atoms with Crippen molar-refractivity contribution in [1.82, 2.24) is 0 Å². The monoisotopic (exact) mass is 205 g/mol. The standard InChI is InChI=1S/C7H15N3O4/c8-3-13-6(11)2-1-5(10)7(12)14-4-9/h5H,1-4,8-10H2. The highest BCUT2D eigenvalue weighted by atomic mass is 16.5. The molecule has 1 atom stereocenters. The van der Waals surface area contributed by atoms with E-state index in [1.54, 1.807) is 0 Å². The van der Waals surface area contributed by atoms with Gasteiger partial charge in [-0.15, -0.1) is 0 Å². The minimum atomic E-state index is -0.858. The fraction of sp³-hybridized carbons (Fsp3) is 0.714. The molecular formula is C7H15N3O4. The van der Waals surface area contributed by atoms with Crippen molar-refractivity contribution in [3.8, 4) is 0 Å². The van der Waals surface area contributed by atoms with Gasteiger partial charge in [0, 0.05) is 6.42 Å². The van der Waals surface area contributed by atoms with Gasteiger partial charge < -0.3 is 15.2 Å². The number of rotatable bonds is 6. The van der Waals surface area contributed by atoms with Crippen molar-refractivity contribution < 1.29 is 19.1 Å². The van der Waals surface area contributed by atoms with E-state index in [-0.39, 0.29) is 26.3 Å². The Balaban J connectivity index is 3.67. The van der Waals surface area contributed by atoms with E-state index in [9.17, 15) is 9.59 Å². The fourth-order valence-corrected chi connectivity index (χ4v) is 0.745. The predicted molar refractivity (Wildman–Crippen MR) is 47.5 cm³/mol. The molecule has 0 bridgehead atoms. The molecule has 0 fully saturated rings. The van der Waals surface area contributed by atoms with Gasteiger partial charge in [0.05, 0.1) is 0 Å². The van der Waals surface area contributed by atoms with Crippen molar-refractivity contribution in [2.75, 3.05) is 13.5 Å². The highest BCUT2D eigenvalue weighted by Gasteiger charge is 2.16. The molecule has 0 amide bonds. The van der Waals surface area contributed by atoms with Crippen molar-refractivity contribution in [1.29, 1.82) is 0 Å². The lowest BCUT2D eigenvalue weighted by atomic mass is 10.2. The second-order valence-corrected chi connectivity index (χ2v) is 2.46. The Morgan fingerprint density at radius 2 is 1.71 bits per heavy atom. The SMILES string of the molecule is NCOC(=O)CCC(N)C(=O)OCN. The van der Waals surface area contributed by atoms with Gasteiger partial charge >= 0.3 is 11.9 Å². The van der Waals surface area contributed by atoms with E-state index in [4.69, 9.17) is 17.2 Å². The van der Waals surface area contributed by atoms with E-state index >= 15 is 0 Å². The maximum Gasteiger partial charge on any atom is 0.324 e. The van der Waals surface area contributed by atoms with Crippen LogP contribution in [0.5, 0.6) is 0 Å². The van der Waals surface area contributed by atoms with E-state index in [2.05, 4.69) is 9.47 Å². The summed E-state index contributed by atoms with van der Waals surface area (Å²) in [4.78, 5) is 21.7. The molecule has 0 aliphatic rings. The summed E-state index contributed by atoms with van der Waals surface area (Å²) < 4.78 is 8.87. The van der Waals surface area contributed by atoms with E-state index in [1.807, 2.05) is 0 Å². The molecule has 0 spiro atoms. The summed E-state index contributed by atoms with van der Waals surface area (Å²) in [5.74, 6) is -1.13. The maximum absolute atomic E-state index is 10.9. The third-order valence-corrected chi connectivity index (χ3v) is 1.43. The fourth-order valence-electron chi connectivity index (χ4n) is 0.745. The highest BCUT2D eigenvalue weighted by molar-refractivity contribution is 5.77. The molecule has 0 aromatic heterocycles. The first-order chi connectivity index (χ1) is 6.61. The van der Waals surface area contributed by atoms with Gasteiger partial charge in [0.2, 0.25) is 0 Å². The molecule has 0 saturated heterocycles. The van der Waals surface area contributed by atoms with Crippen molar-refractivity contribution in [2.45, 2.75) is 18.9 Å². The molecule has 0 saturated carbocycles. The van der Waals surface area contributed by atoms with E-state index in [0.717, 1.165) is 0 Å². The van der Waals surface area contributed by atoms with Crippen LogP contribution < -0.4 is 17.2 Å². The summed E-state index contributed by atoms with van der Waals surface area (Å²) in [6.07, 6.45) is 0.176. The van der Waals surface area contributed by atoms with Crippen LogP contribution >= 0.6 is 0 Å². The van der Waals surface area contributed by atoms with Crippen LogP contribution in [0.4, 0.5) is 0 Å². The number of carbonyl (C=O) groups excluding carboxylic acids is 2. The second kappa shape index (κ2) is 7.25. The number of carbonyl (C=O) groups is 2. The number of esters is 2. The molecule has 7 heteroatoms. The summed E-state index contributed by atoms with van der Waals surface area (Å²) >= 11 is 0. The lowest BCUT2D eigenvalue weighted by Gasteiger charge is -2.09. The van der Waals surface area contributed by atoms with Crippen molar-refractivity contribution in [2.24, 2.45) is 17.2 Å². The molecule has 0 aromatic carbocycles. The summed E-state index contributed by atoms with van der Waals surface area (Å²) in [6.45, 7) is -0.402. The van der Waals surface area contributed by atoms with Crippen LogP contribution in [0, 0.1) is 0 Å². The molecule has 0 aliphatic carbocycles. The molecule has 0 aromatic rings. The maximum atomic E-state index is 10.9. The molecular weight excluding hydrogens is 190 g/mol. The zero-order chi connectivity index (χ0) is 11.0. The molecule has 82 valence electrons. The van der Waals surface area contributed by atoms with Gasteiger partial charge in [-0.1, -0.05) is 0 Å². The normalized spacial score (nSPS) is 11.9. The topological polar surface area (TPSA) is 131 Å². The third-order valence-electron chi connectivity index (χ3n) is 1.43. The van der Waals surface area contributed by atoms with Gasteiger partial charge in [0.1, 0.15) is 19.5 Å². The van der Waals surface area contributed by atoms with Gasteiger partial charge in [0.15, 0.2) is 0 Å². The van der Waals surface area contributed by atoms with Crippen LogP contribution in [0.15, 0.2) is 0 Å². The minimum Gasteiger partial charge on any atom is -0.450 e. The van der Waals surface area contributed by atoms with Crippen LogP contribution in [0.1, 0.15) is 12.8 Å². The van der Waals surface area contributed by atoms with Crippen LogP contribution in [0.3, 0.4) is 0 Å². The Morgan fingerprint density at radius 1 is 1.14 bits per heavy atom. The number of hydrogen-bond donors (Lipinski definition) is 3. The molecule has 6 N–H and O–H groups in total. The van der Waals surface area contributed by atoms with Crippen molar-refractivity contribution in [3.63, 3.8) is 0 Å². The average molecular weight is 205 g/mol. The quantitative estimate of drug-likeness (QED) is 0.338. The lowest BCUT2D eigenvalue weighted by Crippen LogP contribution is -2.34. The molecule has 0 heterocycles. The molecule has 1 unspecified atom stereocenters. The number of hydrogen-bond acceptors (Lipinski definition) is 7. The van der Waals surface area contributed by atoms with Crippen LogP contribution in [0.2, 0.25) is 0 Å². The van der Waals surface area contributed by atoms with Crippen molar-refractivity contribution >= 4 is 11.9 Å². The van der Waals surface area contributed by atoms with Crippen molar-refractivity contribution in [3.05, 3.63) is 0 Å². The van der Waals surface area contributed by atoms with Crippen LogP contribution in [0.25, 0.3) is 0 Å². The van der Waals surface area contributed by atoms with Gasteiger partial charge in [-0.25, -0.2) is 0 Å². The molecule has 0 aliphatic heterocycles. The van der Waals surface area contributed by atoms with E-state index in [0.29, 0.717) is 0 Å². The first-order valence-corrected chi connectivity index (χ1v) is 4.09. The molecule has 0 radical (unpaired) electrons. The first-order valence-electron chi connectivity index (χ1n) is 4.09. The van der Waals surface area contributed by atoms with Gasteiger partial charge in [-0.05, 0) is 6.42 Å². The van der Waals surface area contributed by atoms with Gasteiger partial charge in [0.25, 0.3) is 0 Å². The zero-order valence-electron chi connectivity index (χ0n) is 7.77. The van der Waals surface area contributed by atoms with Gasteiger partial charge in [-0.2, -0.15) is 0 Å². The Labute approximate surface area is 81.5 Å². The second-order valence-electron chi connectivity index (χ2n) is 2.46. The van der Waals surface area contributed by atoms with E-state index in [1.165, 1.54) is 0 Å². The lowest BCUT2D eigenvalue weighted by molar-refractivity contribution is -0.146. The van der Waals surface area contributed by atoms with Gasteiger partial charge in [-0.3, -0.25) is 21.1 Å². The Bertz CT molecular complexity index is 197. The largest absolute Gasteiger partial charge is 0.450 e. The Morgan fingerprint density at radius 3 is 2.21 bits per heavy atom. The number of ether oxygens (including phenoxy) is 2. The van der Waals surface area contributed by atoms with E-state index < -0.39 is 18.0 Å². The minimum absolute atomic E-state index is 0.0258. The zero-order valence-corrected chi connectivity index (χ0v) is 7.77. The number of nitrogens with two attached hydrogens (primary N) is 3. The smallest absolute Gasteiger partial charge is 0.324 e. The average Bonchev–Trinajstić information content (AvgIpc) is 2.15. The predicted octanol–water partition coefficient (Wildman–Crippen LogP) is -1.99. The summed E-state index contributed by atoms with van der Waals surface area (Å²) in [6, 6.07) is -0.858. The summed E-state index contributed by atoms with van der Waals surface area (Å²) in [5, 5.41) is 0. The Hall–Kier alpha value is -1.18. The molecule has 7 nitrogen and oxygen atoms in total. The molecule has 14 heavy (non-hydrogen) atoms. The van der Waals surface area contributed by atoms with Crippen LogP contribution in [-0.4, -0.2) is 31.4 Å². The summed E-state index contributed by atoms with van der Waals surface area (Å²) in [5.41, 5.74) is 15.3. The van der Waals surface area contributed by atoms with Crippen LogP contribution in [-0.2, 0) is 19.1 Å².